The Morgan fingerprint density at radius 3 is 2.21 bits per heavy atom. The molecule has 0 unspecified atom stereocenters. The van der Waals surface area contributed by atoms with Crippen LogP contribution in [0.15, 0.2) is 76.4 Å². The Bertz CT molecular complexity index is 1320. The van der Waals surface area contributed by atoms with Gasteiger partial charge < -0.3 is 0 Å². The molecular formula is C24H21N3O2. The van der Waals surface area contributed by atoms with Gasteiger partial charge >= 0.3 is 5.69 Å². The van der Waals surface area contributed by atoms with Crippen LogP contribution in [0.4, 0.5) is 0 Å². The van der Waals surface area contributed by atoms with Gasteiger partial charge in [0.15, 0.2) is 0 Å². The molecular weight excluding hydrogens is 362 g/mol. The van der Waals surface area contributed by atoms with Crippen LogP contribution in [0, 0.1) is 0 Å². The summed E-state index contributed by atoms with van der Waals surface area (Å²) >= 11 is 0. The Morgan fingerprint density at radius 1 is 0.862 bits per heavy atom. The molecule has 0 atom stereocenters. The van der Waals surface area contributed by atoms with Crippen molar-refractivity contribution in [1.29, 1.82) is 0 Å². The molecule has 0 bridgehead atoms. The molecule has 0 aliphatic heterocycles. The number of pyridine rings is 1. The Kier molecular flexibility index (Phi) is 4.96. The maximum absolute atomic E-state index is 13.0. The molecule has 0 N–H and O–H groups in total. The zero-order valence-electron chi connectivity index (χ0n) is 16.4. The van der Waals surface area contributed by atoms with Crippen LogP contribution in [0.1, 0.15) is 22.3 Å². The Balaban J connectivity index is 1.98. The molecule has 0 saturated carbocycles. The topological polar surface area (TPSA) is 56.9 Å². The first-order valence-corrected chi connectivity index (χ1v) is 9.41. The van der Waals surface area contributed by atoms with Crippen LogP contribution in [-0.2, 0) is 20.5 Å². The summed E-state index contributed by atoms with van der Waals surface area (Å²) in [7, 11) is 3.14. The number of nitrogens with zero attached hydrogens (tertiary/aromatic N) is 3. The predicted octanol–water partition coefficient (Wildman–Crippen LogP) is 3.39. The number of aryl methyl sites for hydroxylation is 1. The van der Waals surface area contributed by atoms with Crippen LogP contribution in [0.3, 0.4) is 0 Å². The second kappa shape index (κ2) is 7.72. The van der Waals surface area contributed by atoms with Crippen molar-refractivity contribution in [2.24, 2.45) is 14.1 Å². The number of benzene rings is 2. The van der Waals surface area contributed by atoms with Gasteiger partial charge in [-0.2, -0.15) is 0 Å². The molecule has 4 rings (SSSR count). The molecule has 0 amide bonds. The summed E-state index contributed by atoms with van der Waals surface area (Å²) < 4.78 is 2.55. The van der Waals surface area contributed by atoms with Gasteiger partial charge in [-0.15, -0.1) is 0 Å². The number of hydrogen-bond donors (Lipinski definition) is 0. The monoisotopic (exact) mass is 383 g/mol. The molecule has 0 spiro atoms. The van der Waals surface area contributed by atoms with Crippen LogP contribution >= 0.6 is 0 Å². The summed E-state index contributed by atoms with van der Waals surface area (Å²) in [6.45, 7) is 0. The fraction of sp³-hybridized carbons (Fsp3) is 0.125. The first-order chi connectivity index (χ1) is 14.1. The highest BCUT2D eigenvalue weighted by Crippen LogP contribution is 2.22. The van der Waals surface area contributed by atoms with Gasteiger partial charge in [-0.1, -0.05) is 72.8 Å². The van der Waals surface area contributed by atoms with Crippen LogP contribution in [0.5, 0.6) is 0 Å². The van der Waals surface area contributed by atoms with Crippen molar-refractivity contribution in [2.75, 3.05) is 0 Å². The summed E-state index contributed by atoms with van der Waals surface area (Å²) in [4.78, 5) is 29.8. The lowest BCUT2D eigenvalue weighted by Gasteiger charge is -2.13. The smallest absolute Gasteiger partial charge is 0.280 e. The van der Waals surface area contributed by atoms with Crippen molar-refractivity contribution in [1.82, 2.24) is 14.1 Å². The molecule has 2 aromatic carbocycles. The van der Waals surface area contributed by atoms with Gasteiger partial charge in [-0.25, -0.2) is 9.78 Å². The number of aromatic nitrogens is 3. The van der Waals surface area contributed by atoms with Crippen LogP contribution in [-0.4, -0.2) is 14.1 Å². The molecule has 29 heavy (non-hydrogen) atoms. The second-order valence-electron chi connectivity index (χ2n) is 7.01. The van der Waals surface area contributed by atoms with Gasteiger partial charge in [-0.3, -0.25) is 13.9 Å². The largest absolute Gasteiger partial charge is 0.332 e. The third-order valence-electron chi connectivity index (χ3n) is 5.07. The zero-order chi connectivity index (χ0) is 20.4. The van der Waals surface area contributed by atoms with E-state index < -0.39 is 0 Å². The van der Waals surface area contributed by atoms with Gasteiger partial charge in [0.2, 0.25) is 0 Å². The van der Waals surface area contributed by atoms with E-state index in [2.05, 4.69) is 4.98 Å². The van der Waals surface area contributed by atoms with Crippen molar-refractivity contribution in [2.45, 2.75) is 6.42 Å². The number of hydrogen-bond acceptors (Lipinski definition) is 3. The molecule has 0 radical (unpaired) electrons. The van der Waals surface area contributed by atoms with E-state index in [1.807, 2.05) is 72.8 Å². The molecule has 5 nitrogen and oxygen atoms in total. The lowest BCUT2D eigenvalue weighted by Crippen LogP contribution is -2.37. The van der Waals surface area contributed by atoms with Crippen molar-refractivity contribution in [3.63, 3.8) is 0 Å². The molecule has 2 aromatic heterocycles. The highest BCUT2D eigenvalue weighted by molar-refractivity contribution is 5.89. The van der Waals surface area contributed by atoms with Crippen molar-refractivity contribution in [3.8, 4) is 0 Å². The normalized spacial score (nSPS) is 11.4. The highest BCUT2D eigenvalue weighted by atomic mass is 16.2. The molecule has 0 aliphatic rings. The van der Waals surface area contributed by atoms with Gasteiger partial charge in [-0.05, 0) is 28.7 Å². The zero-order valence-corrected chi connectivity index (χ0v) is 16.4. The first kappa shape index (κ1) is 18.6. The molecule has 144 valence electrons. The van der Waals surface area contributed by atoms with Crippen LogP contribution in [0.25, 0.3) is 23.2 Å². The van der Waals surface area contributed by atoms with Crippen molar-refractivity contribution in [3.05, 3.63) is 110 Å². The van der Waals surface area contributed by atoms with Crippen LogP contribution < -0.4 is 11.2 Å². The lowest BCUT2D eigenvalue weighted by molar-refractivity contribution is 0.707. The summed E-state index contributed by atoms with van der Waals surface area (Å²) in [5, 5.41) is 0.454. The van der Waals surface area contributed by atoms with E-state index >= 15 is 0 Å². The van der Waals surface area contributed by atoms with E-state index in [0.29, 0.717) is 17.5 Å². The minimum atomic E-state index is -0.385. The fourth-order valence-corrected chi connectivity index (χ4v) is 3.48. The second-order valence-corrected chi connectivity index (χ2v) is 7.01. The van der Waals surface area contributed by atoms with E-state index in [0.717, 1.165) is 26.8 Å². The average Bonchev–Trinajstić information content (AvgIpc) is 2.76. The molecule has 2 heterocycles. The fourth-order valence-electron chi connectivity index (χ4n) is 3.48. The Hall–Kier alpha value is -3.73. The van der Waals surface area contributed by atoms with Gasteiger partial charge in [0.05, 0.1) is 5.39 Å². The first-order valence-electron chi connectivity index (χ1n) is 9.41. The van der Waals surface area contributed by atoms with Crippen LogP contribution in [0.2, 0.25) is 0 Å². The Morgan fingerprint density at radius 2 is 1.52 bits per heavy atom. The van der Waals surface area contributed by atoms with Crippen molar-refractivity contribution < 1.29 is 0 Å². The Labute approximate surface area is 168 Å². The molecule has 4 aromatic rings. The number of fused-ring (bicyclic) bond motifs is 1. The summed E-state index contributed by atoms with van der Waals surface area (Å²) in [5.41, 5.74) is 3.56. The third kappa shape index (κ3) is 3.55. The minimum absolute atomic E-state index is 0.335. The summed E-state index contributed by atoms with van der Waals surface area (Å²) in [6.07, 6.45) is 6.33. The van der Waals surface area contributed by atoms with E-state index in [1.165, 1.54) is 11.6 Å². The SMILES string of the molecule is Cn1c(=O)c2c(/C=C/c3ccccc3)c(Cc3ccccc3)cnc2n(C)c1=O. The highest BCUT2D eigenvalue weighted by Gasteiger charge is 2.16. The van der Waals surface area contributed by atoms with E-state index in [-0.39, 0.29) is 11.2 Å². The summed E-state index contributed by atoms with van der Waals surface area (Å²) in [6, 6.07) is 20.0. The standard InChI is InChI=1S/C24H21N3O2/c1-26-22-21(23(28)27(2)24(26)29)20(14-13-17-9-5-3-6-10-17)19(16-25-22)15-18-11-7-4-8-12-18/h3-14,16H,15H2,1-2H3/b14-13+. The molecule has 0 saturated heterocycles. The van der Waals surface area contributed by atoms with E-state index in [9.17, 15) is 9.59 Å². The lowest BCUT2D eigenvalue weighted by atomic mass is 9.98. The van der Waals surface area contributed by atoms with Gasteiger partial charge in [0.25, 0.3) is 5.56 Å². The quantitative estimate of drug-likeness (QED) is 0.543. The predicted molar refractivity (Wildman–Crippen MR) is 117 cm³/mol. The average molecular weight is 383 g/mol. The minimum Gasteiger partial charge on any atom is -0.280 e. The van der Waals surface area contributed by atoms with Gasteiger partial charge in [0.1, 0.15) is 5.65 Å². The van der Waals surface area contributed by atoms with E-state index in [1.54, 1.807) is 13.2 Å². The maximum Gasteiger partial charge on any atom is 0.332 e. The molecule has 0 aliphatic carbocycles. The van der Waals surface area contributed by atoms with E-state index in [4.69, 9.17) is 0 Å². The molecule has 0 fully saturated rings. The summed E-state index contributed by atoms with van der Waals surface area (Å²) in [5.74, 6) is 0. The van der Waals surface area contributed by atoms with Gasteiger partial charge in [0, 0.05) is 20.3 Å². The van der Waals surface area contributed by atoms with Crippen molar-refractivity contribution >= 4 is 23.2 Å². The third-order valence-corrected chi connectivity index (χ3v) is 5.07. The molecule has 5 heteroatoms. The number of rotatable bonds is 4. The maximum atomic E-state index is 13.0.